The van der Waals surface area contributed by atoms with Crippen LogP contribution in [0.4, 0.5) is 0 Å². The minimum atomic E-state index is 0.228. The molecule has 1 unspecified atom stereocenters. The molecule has 11 heavy (non-hydrogen) atoms. The van der Waals surface area contributed by atoms with E-state index in [4.69, 9.17) is 0 Å². The molecule has 0 heterocycles. The van der Waals surface area contributed by atoms with Gasteiger partial charge in [-0.25, -0.2) is 0 Å². The zero-order chi connectivity index (χ0) is 9.02. The van der Waals surface area contributed by atoms with E-state index in [1.165, 1.54) is 0 Å². The fourth-order valence-electron chi connectivity index (χ4n) is 0.924. The summed E-state index contributed by atoms with van der Waals surface area (Å²) >= 11 is 0. The van der Waals surface area contributed by atoms with Crippen LogP contribution in [0.3, 0.4) is 0 Å². The van der Waals surface area contributed by atoms with Crippen LogP contribution in [-0.2, 0) is 4.79 Å². The first-order valence-electron chi connectivity index (χ1n) is 4.26. The highest BCUT2D eigenvalue weighted by molar-refractivity contribution is 5.75. The SMILES string of the molecule is CCC(=O)N(C)C(C)C(C)C. The fourth-order valence-corrected chi connectivity index (χ4v) is 0.924. The maximum Gasteiger partial charge on any atom is 0.222 e. The van der Waals surface area contributed by atoms with Crippen LogP contribution < -0.4 is 0 Å². The maximum absolute atomic E-state index is 11.2. The van der Waals surface area contributed by atoms with Crippen molar-refractivity contribution in [3.63, 3.8) is 0 Å². The predicted octanol–water partition coefficient (Wildman–Crippen LogP) is 1.90. The molecule has 0 radical (unpaired) electrons. The Bertz CT molecular complexity index is 132. The number of rotatable bonds is 3. The van der Waals surface area contributed by atoms with Crippen LogP contribution in [0, 0.1) is 5.92 Å². The highest BCUT2D eigenvalue weighted by atomic mass is 16.2. The summed E-state index contributed by atoms with van der Waals surface area (Å²) in [7, 11) is 1.87. The van der Waals surface area contributed by atoms with Gasteiger partial charge in [-0.3, -0.25) is 4.79 Å². The van der Waals surface area contributed by atoms with Crippen LogP contribution in [0.5, 0.6) is 0 Å². The normalized spacial score (nSPS) is 13.3. The Labute approximate surface area is 69.6 Å². The van der Waals surface area contributed by atoms with Gasteiger partial charge in [0.2, 0.25) is 5.91 Å². The highest BCUT2D eigenvalue weighted by Crippen LogP contribution is 2.08. The van der Waals surface area contributed by atoms with Crippen LogP contribution >= 0.6 is 0 Å². The van der Waals surface area contributed by atoms with E-state index >= 15 is 0 Å². The number of hydrogen-bond donors (Lipinski definition) is 0. The number of hydrogen-bond acceptors (Lipinski definition) is 1. The van der Waals surface area contributed by atoms with Crippen LogP contribution in [-0.4, -0.2) is 23.9 Å². The Morgan fingerprint density at radius 2 is 1.82 bits per heavy atom. The molecule has 0 aromatic rings. The largest absolute Gasteiger partial charge is 0.343 e. The van der Waals surface area contributed by atoms with E-state index in [0.29, 0.717) is 18.4 Å². The Kier molecular flexibility index (Phi) is 4.16. The van der Waals surface area contributed by atoms with Crippen molar-refractivity contribution < 1.29 is 4.79 Å². The van der Waals surface area contributed by atoms with Gasteiger partial charge in [0, 0.05) is 19.5 Å². The van der Waals surface area contributed by atoms with E-state index in [-0.39, 0.29) is 5.91 Å². The molecule has 2 nitrogen and oxygen atoms in total. The van der Waals surface area contributed by atoms with Gasteiger partial charge in [-0.1, -0.05) is 20.8 Å². The minimum absolute atomic E-state index is 0.228. The van der Waals surface area contributed by atoms with Crippen LogP contribution in [0.2, 0.25) is 0 Å². The molecule has 66 valence electrons. The zero-order valence-electron chi connectivity index (χ0n) is 8.22. The molecule has 0 aliphatic rings. The van der Waals surface area contributed by atoms with E-state index in [2.05, 4.69) is 20.8 Å². The first-order chi connectivity index (χ1) is 5.00. The van der Waals surface area contributed by atoms with E-state index in [1.807, 2.05) is 18.9 Å². The summed E-state index contributed by atoms with van der Waals surface area (Å²) in [5.74, 6) is 0.765. The first-order valence-corrected chi connectivity index (χ1v) is 4.26. The molecule has 0 fully saturated rings. The third-order valence-corrected chi connectivity index (χ3v) is 2.27. The number of nitrogens with zero attached hydrogens (tertiary/aromatic N) is 1. The van der Waals surface area contributed by atoms with Gasteiger partial charge in [-0.05, 0) is 12.8 Å². The quantitative estimate of drug-likeness (QED) is 0.612. The van der Waals surface area contributed by atoms with Crippen molar-refractivity contribution in [3.8, 4) is 0 Å². The van der Waals surface area contributed by atoms with Crippen LogP contribution in [0.1, 0.15) is 34.1 Å². The van der Waals surface area contributed by atoms with Crippen molar-refractivity contribution in [1.82, 2.24) is 4.90 Å². The Morgan fingerprint density at radius 3 is 2.09 bits per heavy atom. The summed E-state index contributed by atoms with van der Waals surface area (Å²) in [4.78, 5) is 13.0. The predicted molar refractivity (Wildman–Crippen MR) is 47.4 cm³/mol. The van der Waals surface area contributed by atoms with E-state index in [1.54, 1.807) is 0 Å². The molecule has 1 atom stereocenters. The summed E-state index contributed by atoms with van der Waals surface area (Å²) in [5.41, 5.74) is 0. The summed E-state index contributed by atoms with van der Waals surface area (Å²) in [6.45, 7) is 8.23. The number of carbonyl (C=O) groups is 1. The summed E-state index contributed by atoms with van der Waals surface area (Å²) in [6, 6.07) is 0.349. The molecule has 0 aliphatic heterocycles. The second-order valence-electron chi connectivity index (χ2n) is 3.34. The van der Waals surface area contributed by atoms with Crippen molar-refractivity contribution in [2.24, 2.45) is 5.92 Å². The van der Waals surface area contributed by atoms with E-state index < -0.39 is 0 Å². The van der Waals surface area contributed by atoms with Gasteiger partial charge in [0.1, 0.15) is 0 Å². The second kappa shape index (κ2) is 4.37. The summed E-state index contributed by atoms with van der Waals surface area (Å²) in [5, 5.41) is 0. The van der Waals surface area contributed by atoms with Crippen molar-refractivity contribution in [2.45, 2.75) is 40.2 Å². The lowest BCUT2D eigenvalue weighted by Gasteiger charge is -2.27. The standard InChI is InChI=1S/C9H19NO/c1-6-9(11)10(5)8(4)7(2)3/h7-8H,6H2,1-5H3. The van der Waals surface area contributed by atoms with Gasteiger partial charge >= 0.3 is 0 Å². The summed E-state index contributed by atoms with van der Waals surface area (Å²) < 4.78 is 0. The average Bonchev–Trinajstić information content (AvgIpc) is 2.00. The van der Waals surface area contributed by atoms with Crippen LogP contribution in [0.15, 0.2) is 0 Å². The zero-order valence-corrected chi connectivity index (χ0v) is 8.22. The van der Waals surface area contributed by atoms with Gasteiger partial charge < -0.3 is 4.90 Å². The molecular weight excluding hydrogens is 138 g/mol. The van der Waals surface area contributed by atoms with Crippen molar-refractivity contribution in [3.05, 3.63) is 0 Å². The number of amides is 1. The molecule has 0 aromatic heterocycles. The topological polar surface area (TPSA) is 20.3 Å². The Hall–Kier alpha value is -0.530. The van der Waals surface area contributed by atoms with Crippen molar-refractivity contribution in [2.75, 3.05) is 7.05 Å². The molecule has 0 aromatic carbocycles. The van der Waals surface area contributed by atoms with Crippen LogP contribution in [0.25, 0.3) is 0 Å². The Morgan fingerprint density at radius 1 is 1.36 bits per heavy atom. The smallest absolute Gasteiger partial charge is 0.222 e. The third-order valence-electron chi connectivity index (χ3n) is 2.27. The summed E-state index contributed by atoms with van der Waals surface area (Å²) in [6.07, 6.45) is 0.605. The third kappa shape index (κ3) is 2.91. The molecule has 0 aliphatic carbocycles. The molecule has 0 N–H and O–H groups in total. The van der Waals surface area contributed by atoms with Gasteiger partial charge in [0.15, 0.2) is 0 Å². The monoisotopic (exact) mass is 157 g/mol. The number of carbonyl (C=O) groups excluding carboxylic acids is 1. The molecular formula is C9H19NO. The molecule has 0 bridgehead atoms. The fraction of sp³-hybridized carbons (Fsp3) is 0.889. The minimum Gasteiger partial charge on any atom is -0.343 e. The highest BCUT2D eigenvalue weighted by Gasteiger charge is 2.16. The molecule has 1 amide bonds. The average molecular weight is 157 g/mol. The van der Waals surface area contributed by atoms with Gasteiger partial charge in [-0.2, -0.15) is 0 Å². The lowest BCUT2D eigenvalue weighted by Crippen LogP contribution is -2.37. The molecule has 0 spiro atoms. The molecule has 0 saturated heterocycles. The Balaban J connectivity index is 4.01. The molecule has 2 heteroatoms. The molecule has 0 rings (SSSR count). The molecule has 0 saturated carbocycles. The maximum atomic E-state index is 11.2. The van der Waals surface area contributed by atoms with Crippen molar-refractivity contribution >= 4 is 5.91 Å². The lowest BCUT2D eigenvalue weighted by molar-refractivity contribution is -0.132. The van der Waals surface area contributed by atoms with Gasteiger partial charge in [-0.15, -0.1) is 0 Å². The van der Waals surface area contributed by atoms with Gasteiger partial charge in [0.05, 0.1) is 0 Å². The van der Waals surface area contributed by atoms with Crippen molar-refractivity contribution in [1.29, 1.82) is 0 Å². The van der Waals surface area contributed by atoms with Gasteiger partial charge in [0.25, 0.3) is 0 Å². The second-order valence-corrected chi connectivity index (χ2v) is 3.34. The van der Waals surface area contributed by atoms with E-state index in [9.17, 15) is 4.79 Å². The first kappa shape index (κ1) is 10.5. The lowest BCUT2D eigenvalue weighted by atomic mass is 10.1. The van der Waals surface area contributed by atoms with E-state index in [0.717, 1.165) is 0 Å².